The van der Waals surface area contributed by atoms with Gasteiger partial charge in [-0.05, 0) is 44.5 Å². The van der Waals surface area contributed by atoms with Crippen LogP contribution >= 0.6 is 0 Å². The summed E-state index contributed by atoms with van der Waals surface area (Å²) in [5.41, 5.74) is 2.37. The van der Waals surface area contributed by atoms with Crippen LogP contribution in [0.1, 0.15) is 26.3 Å². The van der Waals surface area contributed by atoms with Gasteiger partial charge in [-0.2, -0.15) is 0 Å². The normalized spacial score (nSPS) is 11.5. The quantitative estimate of drug-likeness (QED) is 0.727. The average molecular weight is 323 g/mol. The minimum Gasteiger partial charge on any atom is -0.456 e. The number of alkyl carbamates (subject to hydrolysis) is 1. The van der Waals surface area contributed by atoms with Crippen molar-refractivity contribution in [1.29, 1.82) is 0 Å². The summed E-state index contributed by atoms with van der Waals surface area (Å²) in [4.78, 5) is 11.7. The summed E-state index contributed by atoms with van der Waals surface area (Å²) in [6, 6.07) is 17.9. The number of ether oxygens (including phenoxy) is 1. The lowest BCUT2D eigenvalue weighted by Gasteiger charge is -2.19. The SMILES string of the molecule is CC(C)(C)OC(=O)NCc1ccc2oc(-c3ccccc3)cc2c1. The first kappa shape index (κ1) is 16.1. The van der Waals surface area contributed by atoms with Crippen LogP contribution in [0.25, 0.3) is 22.3 Å². The van der Waals surface area contributed by atoms with Crippen molar-refractivity contribution < 1.29 is 13.9 Å². The van der Waals surface area contributed by atoms with E-state index < -0.39 is 11.7 Å². The van der Waals surface area contributed by atoms with Crippen molar-refractivity contribution in [3.8, 4) is 11.3 Å². The van der Waals surface area contributed by atoms with E-state index in [1.165, 1.54) is 0 Å². The number of amides is 1. The van der Waals surface area contributed by atoms with Gasteiger partial charge < -0.3 is 14.5 Å². The van der Waals surface area contributed by atoms with Crippen LogP contribution < -0.4 is 5.32 Å². The van der Waals surface area contributed by atoms with Gasteiger partial charge in [-0.1, -0.05) is 36.4 Å². The Kier molecular flexibility index (Phi) is 4.30. The molecule has 1 amide bonds. The molecule has 3 aromatic rings. The number of hydrogen-bond donors (Lipinski definition) is 1. The van der Waals surface area contributed by atoms with E-state index >= 15 is 0 Å². The van der Waals surface area contributed by atoms with E-state index in [2.05, 4.69) is 5.32 Å². The first-order valence-corrected chi connectivity index (χ1v) is 7.95. The van der Waals surface area contributed by atoms with Crippen molar-refractivity contribution >= 4 is 17.1 Å². The molecule has 0 spiro atoms. The molecule has 24 heavy (non-hydrogen) atoms. The molecular weight excluding hydrogens is 302 g/mol. The Balaban J connectivity index is 1.73. The van der Waals surface area contributed by atoms with Crippen LogP contribution in [0, 0.1) is 0 Å². The zero-order valence-electron chi connectivity index (χ0n) is 14.1. The largest absolute Gasteiger partial charge is 0.456 e. The van der Waals surface area contributed by atoms with Crippen LogP contribution in [-0.4, -0.2) is 11.7 Å². The first-order valence-electron chi connectivity index (χ1n) is 7.95. The lowest BCUT2D eigenvalue weighted by Crippen LogP contribution is -2.32. The number of fused-ring (bicyclic) bond motifs is 1. The molecule has 2 aromatic carbocycles. The van der Waals surface area contributed by atoms with Crippen molar-refractivity contribution in [2.24, 2.45) is 0 Å². The van der Waals surface area contributed by atoms with Crippen molar-refractivity contribution in [2.75, 3.05) is 0 Å². The van der Waals surface area contributed by atoms with Gasteiger partial charge in [0.25, 0.3) is 0 Å². The molecule has 0 aliphatic heterocycles. The fraction of sp³-hybridized carbons (Fsp3) is 0.250. The van der Waals surface area contributed by atoms with Gasteiger partial charge >= 0.3 is 6.09 Å². The highest BCUT2D eigenvalue weighted by Gasteiger charge is 2.15. The topological polar surface area (TPSA) is 51.5 Å². The van der Waals surface area contributed by atoms with Gasteiger partial charge in [-0.25, -0.2) is 4.79 Å². The Morgan fingerprint density at radius 2 is 1.83 bits per heavy atom. The lowest BCUT2D eigenvalue weighted by molar-refractivity contribution is 0.0523. The second-order valence-corrected chi connectivity index (χ2v) is 6.70. The molecule has 0 saturated carbocycles. The molecule has 3 rings (SSSR count). The van der Waals surface area contributed by atoms with Crippen LogP contribution in [0.2, 0.25) is 0 Å². The number of carbonyl (C=O) groups excluding carboxylic acids is 1. The molecule has 0 radical (unpaired) electrons. The van der Waals surface area contributed by atoms with Crippen molar-refractivity contribution in [1.82, 2.24) is 5.32 Å². The summed E-state index contributed by atoms with van der Waals surface area (Å²) in [5, 5.41) is 3.78. The highest BCUT2D eigenvalue weighted by Crippen LogP contribution is 2.28. The number of benzene rings is 2. The summed E-state index contributed by atoms with van der Waals surface area (Å²) in [6.07, 6.45) is -0.417. The van der Waals surface area contributed by atoms with E-state index in [0.29, 0.717) is 6.54 Å². The highest BCUT2D eigenvalue weighted by molar-refractivity contribution is 5.83. The lowest BCUT2D eigenvalue weighted by atomic mass is 10.1. The predicted octanol–water partition coefficient (Wildman–Crippen LogP) is 5.12. The smallest absolute Gasteiger partial charge is 0.407 e. The van der Waals surface area contributed by atoms with Crippen LogP contribution in [-0.2, 0) is 11.3 Å². The van der Waals surface area contributed by atoms with Gasteiger partial charge in [0.2, 0.25) is 0 Å². The summed E-state index contributed by atoms with van der Waals surface area (Å²) in [7, 11) is 0. The molecule has 4 heteroatoms. The van der Waals surface area contributed by atoms with E-state index in [1.54, 1.807) is 0 Å². The molecule has 1 N–H and O–H groups in total. The van der Waals surface area contributed by atoms with Crippen molar-refractivity contribution in [3.05, 3.63) is 60.2 Å². The van der Waals surface area contributed by atoms with E-state index in [4.69, 9.17) is 9.15 Å². The van der Waals surface area contributed by atoms with Gasteiger partial charge in [-0.15, -0.1) is 0 Å². The Morgan fingerprint density at radius 3 is 2.54 bits per heavy atom. The zero-order chi connectivity index (χ0) is 17.2. The standard InChI is InChI=1S/C20H21NO3/c1-20(2,3)24-19(22)21-13-14-9-10-17-16(11-14)12-18(23-17)15-7-5-4-6-8-15/h4-12H,13H2,1-3H3,(H,21,22). The maximum Gasteiger partial charge on any atom is 0.407 e. The van der Waals surface area contributed by atoms with E-state index in [1.807, 2.05) is 75.4 Å². The summed E-state index contributed by atoms with van der Waals surface area (Å²) < 4.78 is 11.1. The molecule has 1 aromatic heterocycles. The third-order valence-electron chi connectivity index (χ3n) is 3.47. The van der Waals surface area contributed by atoms with Crippen LogP contribution in [0.3, 0.4) is 0 Å². The number of nitrogens with one attached hydrogen (secondary N) is 1. The highest BCUT2D eigenvalue weighted by atomic mass is 16.6. The Labute approximate surface area is 141 Å². The molecule has 0 saturated heterocycles. The van der Waals surface area contributed by atoms with Gasteiger partial charge in [0.05, 0.1) is 0 Å². The third-order valence-corrected chi connectivity index (χ3v) is 3.47. The Bertz CT molecular complexity index is 844. The van der Waals surface area contributed by atoms with Crippen molar-refractivity contribution in [2.45, 2.75) is 32.9 Å². The zero-order valence-corrected chi connectivity index (χ0v) is 14.1. The second kappa shape index (κ2) is 6.40. The molecule has 4 nitrogen and oxygen atoms in total. The molecular formula is C20H21NO3. The maximum atomic E-state index is 11.7. The minimum absolute atomic E-state index is 0.413. The van der Waals surface area contributed by atoms with Crippen LogP contribution in [0.5, 0.6) is 0 Å². The number of rotatable bonds is 3. The monoisotopic (exact) mass is 323 g/mol. The number of carbonyl (C=O) groups is 1. The molecule has 0 unspecified atom stereocenters. The van der Waals surface area contributed by atoms with E-state index in [9.17, 15) is 4.79 Å². The van der Waals surface area contributed by atoms with Gasteiger partial charge in [0.1, 0.15) is 16.9 Å². The molecule has 1 heterocycles. The summed E-state index contributed by atoms with van der Waals surface area (Å²) >= 11 is 0. The maximum absolute atomic E-state index is 11.7. The Hall–Kier alpha value is -2.75. The third kappa shape index (κ3) is 3.96. The fourth-order valence-corrected chi connectivity index (χ4v) is 2.44. The predicted molar refractivity (Wildman–Crippen MR) is 94.7 cm³/mol. The van der Waals surface area contributed by atoms with E-state index in [-0.39, 0.29) is 0 Å². The number of hydrogen-bond acceptors (Lipinski definition) is 3. The van der Waals surface area contributed by atoms with Crippen LogP contribution in [0.4, 0.5) is 4.79 Å². The molecule has 0 aliphatic carbocycles. The molecule has 0 aliphatic rings. The first-order chi connectivity index (χ1) is 11.4. The number of furan rings is 1. The molecule has 124 valence electrons. The molecule has 0 fully saturated rings. The van der Waals surface area contributed by atoms with Gasteiger partial charge in [-0.3, -0.25) is 0 Å². The second-order valence-electron chi connectivity index (χ2n) is 6.70. The Morgan fingerprint density at radius 1 is 1.08 bits per heavy atom. The molecule has 0 atom stereocenters. The van der Waals surface area contributed by atoms with Gasteiger partial charge in [0.15, 0.2) is 0 Å². The average Bonchev–Trinajstić information content (AvgIpc) is 2.95. The summed E-state index contributed by atoms with van der Waals surface area (Å²) in [5.74, 6) is 0.836. The van der Waals surface area contributed by atoms with Gasteiger partial charge in [0, 0.05) is 17.5 Å². The molecule has 0 bridgehead atoms. The van der Waals surface area contributed by atoms with Crippen LogP contribution in [0.15, 0.2) is 59.0 Å². The summed E-state index contributed by atoms with van der Waals surface area (Å²) in [6.45, 7) is 5.94. The minimum atomic E-state index is -0.497. The fourth-order valence-electron chi connectivity index (χ4n) is 2.44. The van der Waals surface area contributed by atoms with Crippen molar-refractivity contribution in [3.63, 3.8) is 0 Å². The van der Waals surface area contributed by atoms with E-state index in [0.717, 1.165) is 27.9 Å².